The SMILES string of the molecule is C#CC(C)(C)C.CC(C)(C)/C=C/Br. The van der Waals surface area contributed by atoms with Gasteiger partial charge in [0.1, 0.15) is 0 Å². The van der Waals surface area contributed by atoms with E-state index in [0.29, 0.717) is 5.41 Å². The first-order valence-electron chi connectivity index (χ1n) is 4.38. The van der Waals surface area contributed by atoms with E-state index in [4.69, 9.17) is 6.42 Å². The molecule has 0 heterocycles. The third-order valence-corrected chi connectivity index (χ3v) is 1.26. The number of terminal acetylenes is 1. The summed E-state index contributed by atoms with van der Waals surface area (Å²) in [5.41, 5.74) is 0.392. The van der Waals surface area contributed by atoms with Crippen LogP contribution in [0.4, 0.5) is 0 Å². The third kappa shape index (κ3) is 24.5. The molecule has 0 nitrogen and oxygen atoms in total. The van der Waals surface area contributed by atoms with Gasteiger partial charge in [-0.05, 0) is 31.2 Å². The molecule has 0 bridgehead atoms. The van der Waals surface area contributed by atoms with Gasteiger partial charge >= 0.3 is 0 Å². The van der Waals surface area contributed by atoms with E-state index in [2.05, 4.69) is 48.7 Å². The molecule has 0 spiro atoms. The Morgan fingerprint density at radius 2 is 1.38 bits per heavy atom. The zero-order valence-electron chi connectivity index (χ0n) is 9.61. The molecule has 0 rings (SSSR count). The van der Waals surface area contributed by atoms with Crippen molar-refractivity contribution in [1.29, 1.82) is 0 Å². The number of hydrogen-bond donors (Lipinski definition) is 0. The molecule has 0 fully saturated rings. The lowest BCUT2D eigenvalue weighted by Gasteiger charge is -2.09. The Labute approximate surface area is 91.9 Å². The summed E-state index contributed by atoms with van der Waals surface area (Å²) in [5, 5.41) is 0. The van der Waals surface area contributed by atoms with Gasteiger partial charge in [0.05, 0.1) is 0 Å². The van der Waals surface area contributed by atoms with Gasteiger partial charge in [-0.3, -0.25) is 0 Å². The molecule has 0 amide bonds. The summed E-state index contributed by atoms with van der Waals surface area (Å²) in [5.74, 6) is 2.60. The van der Waals surface area contributed by atoms with Crippen molar-refractivity contribution >= 4 is 15.9 Å². The maximum atomic E-state index is 5.06. The molecule has 0 atom stereocenters. The zero-order valence-corrected chi connectivity index (χ0v) is 11.2. The molecule has 0 N–H and O–H groups in total. The highest BCUT2D eigenvalue weighted by atomic mass is 79.9. The van der Waals surface area contributed by atoms with Crippen LogP contribution in [0.1, 0.15) is 41.5 Å². The third-order valence-electron chi connectivity index (χ3n) is 0.996. The van der Waals surface area contributed by atoms with E-state index >= 15 is 0 Å². The fourth-order valence-electron chi connectivity index (χ4n) is 0.189. The van der Waals surface area contributed by atoms with Crippen molar-refractivity contribution in [3.63, 3.8) is 0 Å². The fourth-order valence-corrected chi connectivity index (χ4v) is 0.982. The smallest absolute Gasteiger partial charge is 0.0227 e. The second-order valence-electron chi connectivity index (χ2n) is 5.05. The summed E-state index contributed by atoms with van der Waals surface area (Å²) in [6.45, 7) is 12.5. The number of allylic oxidation sites excluding steroid dienone is 1. The molecule has 0 aliphatic rings. The van der Waals surface area contributed by atoms with Gasteiger partial charge < -0.3 is 0 Å². The predicted molar refractivity (Wildman–Crippen MR) is 65.8 cm³/mol. The van der Waals surface area contributed by atoms with Crippen LogP contribution in [0.5, 0.6) is 0 Å². The van der Waals surface area contributed by atoms with E-state index in [0.717, 1.165) is 0 Å². The quantitative estimate of drug-likeness (QED) is 0.547. The predicted octanol–water partition coefficient (Wildman–Crippen LogP) is 4.61. The normalized spacial score (nSPS) is 11.8. The average molecular weight is 245 g/mol. The first-order valence-corrected chi connectivity index (χ1v) is 5.29. The van der Waals surface area contributed by atoms with Gasteiger partial charge in [-0.15, -0.1) is 12.3 Å². The summed E-state index contributed by atoms with van der Waals surface area (Å²) < 4.78 is 0. The summed E-state index contributed by atoms with van der Waals surface area (Å²) in [6, 6.07) is 0. The van der Waals surface area contributed by atoms with E-state index < -0.39 is 0 Å². The lowest BCUT2D eigenvalue weighted by molar-refractivity contribution is 0.545. The van der Waals surface area contributed by atoms with Crippen molar-refractivity contribution in [2.45, 2.75) is 41.5 Å². The van der Waals surface area contributed by atoms with Gasteiger partial charge in [-0.25, -0.2) is 0 Å². The van der Waals surface area contributed by atoms with Crippen molar-refractivity contribution in [3.05, 3.63) is 11.1 Å². The molecule has 13 heavy (non-hydrogen) atoms. The van der Waals surface area contributed by atoms with E-state index in [-0.39, 0.29) is 5.41 Å². The molecule has 1 heteroatoms. The average Bonchev–Trinajstić information content (AvgIpc) is 1.84. The minimum absolute atomic E-state index is 0.0694. The molecule has 0 aliphatic heterocycles. The molecule has 0 saturated heterocycles. The van der Waals surface area contributed by atoms with E-state index in [9.17, 15) is 0 Å². The highest BCUT2D eigenvalue weighted by Crippen LogP contribution is 2.14. The Morgan fingerprint density at radius 1 is 1.08 bits per heavy atom. The van der Waals surface area contributed by atoms with Crippen molar-refractivity contribution in [1.82, 2.24) is 0 Å². The highest BCUT2D eigenvalue weighted by molar-refractivity contribution is 9.11. The monoisotopic (exact) mass is 244 g/mol. The summed E-state index contributed by atoms with van der Waals surface area (Å²) in [7, 11) is 0. The summed E-state index contributed by atoms with van der Waals surface area (Å²) in [4.78, 5) is 1.90. The van der Waals surface area contributed by atoms with E-state index in [1.165, 1.54) is 0 Å². The van der Waals surface area contributed by atoms with Gasteiger partial charge in [0, 0.05) is 5.41 Å². The van der Waals surface area contributed by atoms with Gasteiger partial charge in [0.25, 0.3) is 0 Å². The minimum Gasteiger partial charge on any atom is -0.120 e. The molecule has 0 radical (unpaired) electrons. The van der Waals surface area contributed by atoms with Crippen LogP contribution in [0.2, 0.25) is 0 Å². The van der Waals surface area contributed by atoms with Crippen LogP contribution in [0.25, 0.3) is 0 Å². The topological polar surface area (TPSA) is 0 Å². The molecular formula is C12H21Br. The van der Waals surface area contributed by atoms with Gasteiger partial charge in [-0.1, -0.05) is 42.8 Å². The summed E-state index contributed by atoms with van der Waals surface area (Å²) >= 11 is 3.20. The van der Waals surface area contributed by atoms with Gasteiger partial charge in [0.2, 0.25) is 0 Å². The van der Waals surface area contributed by atoms with Crippen LogP contribution in [-0.2, 0) is 0 Å². The Morgan fingerprint density at radius 3 is 1.38 bits per heavy atom. The Balaban J connectivity index is 0. The second kappa shape index (κ2) is 6.27. The van der Waals surface area contributed by atoms with Gasteiger partial charge in [-0.2, -0.15) is 0 Å². The van der Waals surface area contributed by atoms with E-state index in [1.54, 1.807) is 0 Å². The Hall–Kier alpha value is -0.220. The standard InChI is InChI=1S/C6H11Br.C6H10/c1-6(2,3)4-5-7;1-5-6(2,3)4/h4-5H,1-3H3;1H,2-4H3/b5-4+;. The maximum absolute atomic E-state index is 5.06. The maximum Gasteiger partial charge on any atom is 0.0227 e. The zero-order chi connectivity index (χ0) is 11.1. The molecule has 76 valence electrons. The summed E-state index contributed by atoms with van der Waals surface area (Å²) in [6.07, 6.45) is 7.16. The number of rotatable bonds is 0. The first kappa shape index (κ1) is 15.3. The largest absolute Gasteiger partial charge is 0.120 e. The molecule has 0 aromatic rings. The Kier molecular flexibility index (Phi) is 7.36. The van der Waals surface area contributed by atoms with Crippen LogP contribution in [0, 0.1) is 23.2 Å². The molecular weight excluding hydrogens is 224 g/mol. The molecule has 0 unspecified atom stereocenters. The van der Waals surface area contributed by atoms with E-state index in [1.807, 2.05) is 25.8 Å². The lowest BCUT2D eigenvalue weighted by Crippen LogP contribution is -1.97. The van der Waals surface area contributed by atoms with Crippen molar-refractivity contribution in [2.24, 2.45) is 10.8 Å². The molecule has 0 aromatic carbocycles. The van der Waals surface area contributed by atoms with Crippen molar-refractivity contribution in [2.75, 3.05) is 0 Å². The van der Waals surface area contributed by atoms with Crippen LogP contribution in [0.3, 0.4) is 0 Å². The molecule has 0 aromatic heterocycles. The second-order valence-corrected chi connectivity index (χ2v) is 5.58. The van der Waals surface area contributed by atoms with Crippen LogP contribution in [-0.4, -0.2) is 0 Å². The van der Waals surface area contributed by atoms with Crippen LogP contribution in [0.15, 0.2) is 11.1 Å². The molecule has 0 saturated carbocycles. The fraction of sp³-hybridized carbons (Fsp3) is 0.667. The van der Waals surface area contributed by atoms with Crippen LogP contribution >= 0.6 is 15.9 Å². The van der Waals surface area contributed by atoms with Crippen molar-refractivity contribution < 1.29 is 0 Å². The van der Waals surface area contributed by atoms with Crippen molar-refractivity contribution in [3.8, 4) is 12.3 Å². The Bertz CT molecular complexity index is 181. The van der Waals surface area contributed by atoms with Gasteiger partial charge in [0.15, 0.2) is 0 Å². The lowest BCUT2D eigenvalue weighted by atomic mass is 9.98. The highest BCUT2D eigenvalue weighted by Gasteiger charge is 2.01. The number of hydrogen-bond acceptors (Lipinski definition) is 0. The number of halogens is 1. The molecule has 0 aliphatic carbocycles. The van der Waals surface area contributed by atoms with Crippen LogP contribution < -0.4 is 0 Å². The first-order chi connectivity index (χ1) is 5.62. The minimum atomic E-state index is 0.0694.